The van der Waals surface area contributed by atoms with E-state index >= 15 is 0 Å². The van der Waals surface area contributed by atoms with E-state index in [4.69, 9.17) is 10.5 Å². The second-order valence-electron chi connectivity index (χ2n) is 5.05. The number of hydrogen-bond donors (Lipinski definition) is 1. The molecule has 1 aromatic carbocycles. The molecule has 0 fully saturated rings. The Morgan fingerprint density at radius 3 is 2.86 bits per heavy atom. The van der Waals surface area contributed by atoms with E-state index in [0.717, 1.165) is 23.2 Å². The minimum Gasteiger partial charge on any atom is -0.491 e. The van der Waals surface area contributed by atoms with Gasteiger partial charge in [0.15, 0.2) is 11.5 Å². The highest BCUT2D eigenvalue weighted by molar-refractivity contribution is 5.67. The van der Waals surface area contributed by atoms with Gasteiger partial charge in [0.1, 0.15) is 5.75 Å². The van der Waals surface area contributed by atoms with Crippen molar-refractivity contribution < 1.29 is 4.74 Å². The van der Waals surface area contributed by atoms with Gasteiger partial charge in [0.25, 0.3) is 0 Å². The Morgan fingerprint density at radius 1 is 1.24 bits per heavy atom. The number of aromatic nitrogens is 3. The van der Waals surface area contributed by atoms with Gasteiger partial charge >= 0.3 is 0 Å². The van der Waals surface area contributed by atoms with Crippen LogP contribution in [-0.2, 0) is 0 Å². The number of hydrogen-bond acceptors (Lipinski definition) is 4. The molecule has 108 valence electrons. The van der Waals surface area contributed by atoms with Crippen molar-refractivity contribution in [2.45, 2.75) is 20.3 Å². The zero-order valence-corrected chi connectivity index (χ0v) is 12.2. The van der Waals surface area contributed by atoms with E-state index in [1.165, 1.54) is 0 Å². The van der Waals surface area contributed by atoms with Gasteiger partial charge in [0.2, 0.25) is 0 Å². The Morgan fingerprint density at radius 2 is 2.10 bits per heavy atom. The first-order valence-corrected chi connectivity index (χ1v) is 7.03. The van der Waals surface area contributed by atoms with Crippen LogP contribution in [0.2, 0.25) is 0 Å². The van der Waals surface area contributed by atoms with E-state index in [9.17, 15) is 0 Å². The van der Waals surface area contributed by atoms with Crippen molar-refractivity contribution in [3.05, 3.63) is 42.1 Å². The number of nitrogen functional groups attached to an aromatic ring is 1. The van der Waals surface area contributed by atoms with Gasteiger partial charge in [-0.1, -0.05) is 13.0 Å². The SMILES string of the molecule is CCCOc1ccc(-c2nc3ccc(C)cn3n2)cc1N. The first-order chi connectivity index (χ1) is 10.2. The van der Waals surface area contributed by atoms with Crippen molar-refractivity contribution in [1.29, 1.82) is 0 Å². The maximum atomic E-state index is 6.03. The molecule has 0 spiro atoms. The van der Waals surface area contributed by atoms with Crippen LogP contribution in [0.25, 0.3) is 17.0 Å². The molecule has 0 saturated heterocycles. The number of anilines is 1. The second-order valence-corrected chi connectivity index (χ2v) is 5.05. The molecule has 0 saturated carbocycles. The number of nitrogens with two attached hydrogens (primary N) is 1. The molecule has 21 heavy (non-hydrogen) atoms. The highest BCUT2D eigenvalue weighted by atomic mass is 16.5. The van der Waals surface area contributed by atoms with E-state index in [-0.39, 0.29) is 0 Å². The second kappa shape index (κ2) is 5.44. The summed E-state index contributed by atoms with van der Waals surface area (Å²) in [5.41, 5.74) is 9.49. The smallest absolute Gasteiger partial charge is 0.182 e. The Kier molecular flexibility index (Phi) is 3.48. The fourth-order valence-corrected chi connectivity index (χ4v) is 2.14. The van der Waals surface area contributed by atoms with Crippen LogP contribution in [-0.4, -0.2) is 21.2 Å². The monoisotopic (exact) mass is 282 g/mol. The number of fused-ring (bicyclic) bond motifs is 1. The topological polar surface area (TPSA) is 65.4 Å². The minimum atomic E-state index is 0.607. The zero-order chi connectivity index (χ0) is 14.8. The van der Waals surface area contributed by atoms with Crippen LogP contribution >= 0.6 is 0 Å². The fourth-order valence-electron chi connectivity index (χ4n) is 2.14. The molecule has 0 atom stereocenters. The number of pyridine rings is 1. The number of nitrogens with zero attached hydrogens (tertiary/aromatic N) is 3. The summed E-state index contributed by atoms with van der Waals surface area (Å²) in [4.78, 5) is 4.51. The standard InChI is InChI=1S/C16H18N4O/c1-3-8-21-14-6-5-12(9-13(14)17)16-18-15-7-4-11(2)10-20(15)19-16/h4-7,9-10H,3,8,17H2,1-2H3. The maximum absolute atomic E-state index is 6.03. The van der Waals surface area contributed by atoms with Crippen LogP contribution in [0, 0.1) is 6.92 Å². The average molecular weight is 282 g/mol. The van der Waals surface area contributed by atoms with Crippen LogP contribution in [0.3, 0.4) is 0 Å². The van der Waals surface area contributed by atoms with Crippen LogP contribution in [0.5, 0.6) is 5.75 Å². The molecule has 2 heterocycles. The van der Waals surface area contributed by atoms with Crippen LogP contribution in [0.1, 0.15) is 18.9 Å². The molecule has 5 heteroatoms. The van der Waals surface area contributed by atoms with Gasteiger partial charge < -0.3 is 10.5 Å². The molecule has 0 bridgehead atoms. The molecule has 3 aromatic rings. The molecule has 2 aromatic heterocycles. The molecular weight excluding hydrogens is 264 g/mol. The third-order valence-electron chi connectivity index (χ3n) is 3.21. The van der Waals surface area contributed by atoms with E-state index in [0.29, 0.717) is 23.9 Å². The summed E-state index contributed by atoms with van der Waals surface area (Å²) in [6, 6.07) is 9.63. The predicted molar refractivity (Wildman–Crippen MR) is 83.4 cm³/mol. The molecule has 3 rings (SSSR count). The molecule has 0 aliphatic rings. The summed E-state index contributed by atoms with van der Waals surface area (Å²) in [7, 11) is 0. The lowest BCUT2D eigenvalue weighted by Crippen LogP contribution is -1.99. The van der Waals surface area contributed by atoms with Gasteiger partial charge in [-0.05, 0) is 43.2 Å². The van der Waals surface area contributed by atoms with E-state index in [1.54, 1.807) is 4.52 Å². The summed E-state index contributed by atoms with van der Waals surface area (Å²) in [6.07, 6.45) is 2.91. The van der Waals surface area contributed by atoms with E-state index in [1.807, 2.05) is 43.5 Å². The molecule has 0 aliphatic carbocycles. The molecule has 5 nitrogen and oxygen atoms in total. The van der Waals surface area contributed by atoms with Crippen molar-refractivity contribution in [2.75, 3.05) is 12.3 Å². The van der Waals surface area contributed by atoms with Gasteiger partial charge in [0, 0.05) is 11.8 Å². The van der Waals surface area contributed by atoms with Crippen LogP contribution in [0.15, 0.2) is 36.5 Å². The summed E-state index contributed by atoms with van der Waals surface area (Å²) in [5.74, 6) is 1.37. The summed E-state index contributed by atoms with van der Waals surface area (Å²) < 4.78 is 7.36. The van der Waals surface area contributed by atoms with Crippen LogP contribution in [0.4, 0.5) is 5.69 Å². The largest absolute Gasteiger partial charge is 0.491 e. The Hall–Kier alpha value is -2.56. The van der Waals surface area contributed by atoms with Gasteiger partial charge in [-0.15, -0.1) is 5.10 Å². The number of rotatable bonds is 4. The third-order valence-corrected chi connectivity index (χ3v) is 3.21. The minimum absolute atomic E-state index is 0.607. The lowest BCUT2D eigenvalue weighted by molar-refractivity contribution is 0.319. The van der Waals surface area contributed by atoms with Gasteiger partial charge in [0.05, 0.1) is 12.3 Å². The molecule has 0 radical (unpaired) electrons. The lowest BCUT2D eigenvalue weighted by Gasteiger charge is -2.08. The van der Waals surface area contributed by atoms with Gasteiger partial charge in [-0.25, -0.2) is 9.50 Å². The Bertz CT molecular complexity index is 779. The van der Waals surface area contributed by atoms with Crippen molar-refractivity contribution in [1.82, 2.24) is 14.6 Å². The Labute approximate surface area is 123 Å². The molecular formula is C16H18N4O. The van der Waals surface area contributed by atoms with Gasteiger partial charge in [-0.3, -0.25) is 0 Å². The number of benzene rings is 1. The first-order valence-electron chi connectivity index (χ1n) is 7.03. The maximum Gasteiger partial charge on any atom is 0.182 e. The van der Waals surface area contributed by atoms with Crippen molar-refractivity contribution in [3.8, 4) is 17.1 Å². The molecule has 0 unspecified atom stereocenters. The zero-order valence-electron chi connectivity index (χ0n) is 12.2. The summed E-state index contributed by atoms with van der Waals surface area (Å²) >= 11 is 0. The first kappa shape index (κ1) is 13.4. The van der Waals surface area contributed by atoms with Gasteiger partial charge in [-0.2, -0.15) is 0 Å². The van der Waals surface area contributed by atoms with E-state index in [2.05, 4.69) is 17.0 Å². The Balaban J connectivity index is 1.96. The average Bonchev–Trinajstić information content (AvgIpc) is 2.89. The molecule has 0 amide bonds. The van der Waals surface area contributed by atoms with Crippen molar-refractivity contribution in [3.63, 3.8) is 0 Å². The highest BCUT2D eigenvalue weighted by Crippen LogP contribution is 2.27. The van der Waals surface area contributed by atoms with E-state index < -0.39 is 0 Å². The quantitative estimate of drug-likeness (QED) is 0.747. The lowest BCUT2D eigenvalue weighted by atomic mass is 10.2. The summed E-state index contributed by atoms with van der Waals surface area (Å²) in [5, 5.41) is 4.49. The van der Waals surface area contributed by atoms with Crippen LogP contribution < -0.4 is 10.5 Å². The fraction of sp³-hybridized carbons (Fsp3) is 0.250. The normalized spacial score (nSPS) is 11.0. The van der Waals surface area contributed by atoms with Crippen molar-refractivity contribution >= 4 is 11.3 Å². The third kappa shape index (κ3) is 2.67. The number of ether oxygens (including phenoxy) is 1. The summed E-state index contributed by atoms with van der Waals surface area (Å²) in [6.45, 7) is 4.75. The van der Waals surface area contributed by atoms with Crippen molar-refractivity contribution in [2.24, 2.45) is 0 Å². The molecule has 2 N–H and O–H groups in total. The predicted octanol–water partition coefficient (Wildman–Crippen LogP) is 3.08. The molecule has 0 aliphatic heterocycles. The highest BCUT2D eigenvalue weighted by Gasteiger charge is 2.09. The number of aryl methyl sites for hydroxylation is 1.